The summed E-state index contributed by atoms with van der Waals surface area (Å²) in [6, 6.07) is 4.46. The van der Waals surface area contributed by atoms with Crippen LogP contribution in [0.5, 0.6) is 0 Å². The molecule has 1 nitrogen and oxygen atoms in total. The van der Waals surface area contributed by atoms with Gasteiger partial charge in [0.1, 0.15) is 5.82 Å². The fourth-order valence-corrected chi connectivity index (χ4v) is 1.59. The molecule has 0 atom stereocenters. The zero-order chi connectivity index (χ0) is 13.1. The van der Waals surface area contributed by atoms with E-state index < -0.39 is 0 Å². The molecule has 0 saturated carbocycles. The molecule has 0 unspecified atom stereocenters. The van der Waals surface area contributed by atoms with E-state index in [2.05, 4.69) is 33.0 Å². The van der Waals surface area contributed by atoms with Crippen molar-refractivity contribution >= 4 is 11.6 Å². The fraction of sp³-hybridized carbons (Fsp3) is 0.571. The highest BCUT2D eigenvalue weighted by Crippen LogP contribution is 2.25. The molecule has 0 amide bonds. The highest BCUT2D eigenvalue weighted by atomic mass is 35.5. The number of halogens is 2. The third-order valence-electron chi connectivity index (χ3n) is 3.47. The Morgan fingerprint density at radius 1 is 1.35 bits per heavy atom. The van der Waals surface area contributed by atoms with Crippen LogP contribution in [0.3, 0.4) is 0 Å². The molecule has 1 aromatic carbocycles. The van der Waals surface area contributed by atoms with Crippen LogP contribution in [0.2, 0.25) is 5.02 Å². The zero-order valence-electron chi connectivity index (χ0n) is 11.0. The van der Waals surface area contributed by atoms with Crippen LogP contribution in [0, 0.1) is 17.2 Å². The van der Waals surface area contributed by atoms with Gasteiger partial charge in [0.25, 0.3) is 0 Å². The van der Waals surface area contributed by atoms with E-state index in [1.807, 2.05) is 0 Å². The zero-order valence-corrected chi connectivity index (χ0v) is 11.7. The number of hydrogen-bond acceptors (Lipinski definition) is 1. The normalized spacial score (nSPS) is 12.2. The van der Waals surface area contributed by atoms with E-state index in [-0.39, 0.29) is 11.2 Å². The topological polar surface area (TPSA) is 12.0 Å². The Bertz CT molecular complexity index is 374. The SMILES string of the molecule is CC(C)C(C)(C)CNCc1cc(F)ccc1Cl. The minimum absolute atomic E-state index is 0.222. The lowest BCUT2D eigenvalue weighted by Crippen LogP contribution is -2.33. The highest BCUT2D eigenvalue weighted by molar-refractivity contribution is 6.31. The molecule has 1 N–H and O–H groups in total. The van der Waals surface area contributed by atoms with Crippen molar-refractivity contribution in [2.24, 2.45) is 11.3 Å². The molecule has 0 heterocycles. The van der Waals surface area contributed by atoms with Gasteiger partial charge in [-0.1, -0.05) is 39.3 Å². The van der Waals surface area contributed by atoms with Gasteiger partial charge in [-0.3, -0.25) is 0 Å². The Balaban J connectivity index is 2.54. The second-order valence-electron chi connectivity index (χ2n) is 5.48. The van der Waals surface area contributed by atoms with Gasteiger partial charge >= 0.3 is 0 Å². The maximum absolute atomic E-state index is 13.1. The Labute approximate surface area is 108 Å². The first kappa shape index (κ1) is 14.5. The van der Waals surface area contributed by atoms with Crippen molar-refractivity contribution in [1.82, 2.24) is 5.32 Å². The number of benzene rings is 1. The Hall–Kier alpha value is -0.600. The molecule has 0 fully saturated rings. The third-order valence-corrected chi connectivity index (χ3v) is 3.84. The fourth-order valence-electron chi connectivity index (χ4n) is 1.40. The Morgan fingerprint density at radius 3 is 2.59 bits per heavy atom. The van der Waals surface area contributed by atoms with Crippen molar-refractivity contribution in [2.45, 2.75) is 34.2 Å². The number of nitrogens with one attached hydrogen (secondary N) is 1. The van der Waals surface area contributed by atoms with Gasteiger partial charge in [0, 0.05) is 18.1 Å². The van der Waals surface area contributed by atoms with Crippen LogP contribution in [-0.4, -0.2) is 6.54 Å². The molecule has 0 spiro atoms. The summed E-state index contributed by atoms with van der Waals surface area (Å²) in [5, 5.41) is 3.95. The van der Waals surface area contributed by atoms with Crippen LogP contribution in [0.1, 0.15) is 33.3 Å². The third kappa shape index (κ3) is 4.29. The predicted octanol–water partition coefficient (Wildman–Crippen LogP) is 4.25. The standard InChI is InChI=1S/C14H21ClFN/c1-10(2)14(3,4)9-17-8-11-7-12(16)5-6-13(11)15/h5-7,10,17H,8-9H2,1-4H3. The van der Waals surface area contributed by atoms with Crippen molar-refractivity contribution in [3.8, 4) is 0 Å². The summed E-state index contributed by atoms with van der Waals surface area (Å²) in [6.07, 6.45) is 0. The number of hydrogen-bond donors (Lipinski definition) is 1. The molecular weight excluding hydrogens is 237 g/mol. The molecular formula is C14H21ClFN. The summed E-state index contributed by atoms with van der Waals surface area (Å²) < 4.78 is 13.1. The quantitative estimate of drug-likeness (QED) is 0.832. The summed E-state index contributed by atoms with van der Waals surface area (Å²) in [5.41, 5.74) is 1.03. The summed E-state index contributed by atoms with van der Waals surface area (Å²) in [5.74, 6) is 0.354. The average Bonchev–Trinajstić information content (AvgIpc) is 2.22. The molecule has 0 aliphatic carbocycles. The maximum Gasteiger partial charge on any atom is 0.123 e. The molecule has 1 aromatic rings. The lowest BCUT2D eigenvalue weighted by atomic mass is 9.81. The molecule has 0 aliphatic heterocycles. The van der Waals surface area contributed by atoms with E-state index in [9.17, 15) is 4.39 Å². The van der Waals surface area contributed by atoms with Gasteiger partial charge in [-0.15, -0.1) is 0 Å². The lowest BCUT2D eigenvalue weighted by molar-refractivity contribution is 0.238. The van der Waals surface area contributed by atoms with Gasteiger partial charge < -0.3 is 5.32 Å². The minimum atomic E-state index is -0.241. The highest BCUT2D eigenvalue weighted by Gasteiger charge is 2.21. The molecule has 0 saturated heterocycles. The Morgan fingerprint density at radius 2 is 2.00 bits per heavy atom. The number of rotatable bonds is 5. The minimum Gasteiger partial charge on any atom is -0.312 e. The van der Waals surface area contributed by atoms with Crippen molar-refractivity contribution in [3.05, 3.63) is 34.6 Å². The Kier molecular flexibility index (Phi) is 4.96. The first-order valence-corrected chi connectivity index (χ1v) is 6.35. The molecule has 0 aliphatic rings. The van der Waals surface area contributed by atoms with Crippen LogP contribution < -0.4 is 5.32 Å². The van der Waals surface area contributed by atoms with Crippen LogP contribution in [0.15, 0.2) is 18.2 Å². The van der Waals surface area contributed by atoms with E-state index in [1.165, 1.54) is 12.1 Å². The monoisotopic (exact) mass is 257 g/mol. The summed E-state index contributed by atoms with van der Waals surface area (Å²) in [4.78, 5) is 0. The van der Waals surface area contributed by atoms with Crippen LogP contribution in [0.25, 0.3) is 0 Å². The largest absolute Gasteiger partial charge is 0.312 e. The second-order valence-corrected chi connectivity index (χ2v) is 5.89. The average molecular weight is 258 g/mol. The summed E-state index contributed by atoms with van der Waals surface area (Å²) >= 11 is 6.00. The van der Waals surface area contributed by atoms with Gasteiger partial charge in [0.15, 0.2) is 0 Å². The molecule has 0 radical (unpaired) electrons. The van der Waals surface area contributed by atoms with Crippen LogP contribution in [-0.2, 0) is 6.54 Å². The molecule has 17 heavy (non-hydrogen) atoms. The van der Waals surface area contributed by atoms with E-state index in [0.717, 1.165) is 12.1 Å². The van der Waals surface area contributed by atoms with Crippen LogP contribution in [0.4, 0.5) is 4.39 Å². The molecule has 96 valence electrons. The van der Waals surface area contributed by atoms with E-state index in [4.69, 9.17) is 11.6 Å². The molecule has 3 heteroatoms. The smallest absolute Gasteiger partial charge is 0.123 e. The van der Waals surface area contributed by atoms with E-state index >= 15 is 0 Å². The van der Waals surface area contributed by atoms with Crippen molar-refractivity contribution in [3.63, 3.8) is 0 Å². The van der Waals surface area contributed by atoms with E-state index in [0.29, 0.717) is 17.5 Å². The van der Waals surface area contributed by atoms with Crippen molar-refractivity contribution in [1.29, 1.82) is 0 Å². The van der Waals surface area contributed by atoms with Crippen molar-refractivity contribution < 1.29 is 4.39 Å². The molecule has 1 rings (SSSR count). The molecule has 0 aromatic heterocycles. The van der Waals surface area contributed by atoms with E-state index in [1.54, 1.807) is 6.07 Å². The summed E-state index contributed by atoms with van der Waals surface area (Å²) in [7, 11) is 0. The van der Waals surface area contributed by atoms with Gasteiger partial charge in [-0.2, -0.15) is 0 Å². The maximum atomic E-state index is 13.1. The van der Waals surface area contributed by atoms with Crippen molar-refractivity contribution in [2.75, 3.05) is 6.54 Å². The van der Waals surface area contributed by atoms with Gasteiger partial charge in [-0.05, 0) is 35.1 Å². The second kappa shape index (κ2) is 5.83. The first-order chi connectivity index (χ1) is 7.83. The lowest BCUT2D eigenvalue weighted by Gasteiger charge is -2.29. The van der Waals surface area contributed by atoms with Crippen LogP contribution >= 0.6 is 11.6 Å². The summed E-state index contributed by atoms with van der Waals surface area (Å²) in [6.45, 7) is 10.3. The van der Waals surface area contributed by atoms with Gasteiger partial charge in [0.05, 0.1) is 0 Å². The first-order valence-electron chi connectivity index (χ1n) is 5.97. The van der Waals surface area contributed by atoms with Gasteiger partial charge in [-0.25, -0.2) is 4.39 Å². The predicted molar refractivity (Wildman–Crippen MR) is 71.7 cm³/mol. The molecule has 0 bridgehead atoms. The van der Waals surface area contributed by atoms with Gasteiger partial charge in [0.2, 0.25) is 0 Å².